The minimum Gasteiger partial charge on any atom is -0.339 e. The van der Waals surface area contributed by atoms with E-state index in [0.717, 1.165) is 24.6 Å². The van der Waals surface area contributed by atoms with Crippen LogP contribution >= 0.6 is 0 Å². The Morgan fingerprint density at radius 1 is 1.21 bits per heavy atom. The molecule has 0 spiro atoms. The highest BCUT2D eigenvalue weighted by molar-refractivity contribution is 5.18. The van der Waals surface area contributed by atoms with E-state index in [1.807, 2.05) is 18.2 Å². The third-order valence-electron chi connectivity index (χ3n) is 3.97. The van der Waals surface area contributed by atoms with Gasteiger partial charge in [-0.05, 0) is 30.9 Å². The normalized spacial score (nSPS) is 22.8. The van der Waals surface area contributed by atoms with Gasteiger partial charge in [0.25, 0.3) is 0 Å². The lowest BCUT2D eigenvalue weighted by Gasteiger charge is -2.12. The minimum absolute atomic E-state index is 0.363. The molecular weight excluding hydrogens is 238 g/mol. The van der Waals surface area contributed by atoms with Gasteiger partial charge in [-0.2, -0.15) is 4.98 Å². The maximum Gasteiger partial charge on any atom is 0.230 e. The Morgan fingerprint density at radius 3 is 2.84 bits per heavy atom. The van der Waals surface area contributed by atoms with Crippen LogP contribution in [0.5, 0.6) is 0 Å². The lowest BCUT2D eigenvalue weighted by molar-refractivity contribution is 0.323. The van der Waals surface area contributed by atoms with E-state index < -0.39 is 0 Å². The van der Waals surface area contributed by atoms with Crippen molar-refractivity contribution in [2.45, 2.75) is 31.6 Å². The van der Waals surface area contributed by atoms with Gasteiger partial charge in [0.2, 0.25) is 5.89 Å². The summed E-state index contributed by atoms with van der Waals surface area (Å²) in [6.07, 6.45) is 4.24. The van der Waals surface area contributed by atoms with Crippen LogP contribution < -0.4 is 5.73 Å². The Bertz CT molecular complexity index is 523. The quantitative estimate of drug-likeness (QED) is 0.914. The molecule has 100 valence electrons. The number of benzene rings is 1. The molecule has 1 fully saturated rings. The number of rotatable bonds is 4. The maximum atomic E-state index is 5.80. The zero-order valence-electron chi connectivity index (χ0n) is 11.0. The SMILES string of the molecule is NCC1CCCC1c1nc(Cc2ccccc2)no1. The smallest absolute Gasteiger partial charge is 0.230 e. The van der Waals surface area contributed by atoms with E-state index in [1.165, 1.54) is 18.4 Å². The van der Waals surface area contributed by atoms with Crippen LogP contribution in [-0.2, 0) is 6.42 Å². The molecule has 1 saturated carbocycles. The minimum atomic E-state index is 0.363. The molecule has 0 radical (unpaired) electrons. The van der Waals surface area contributed by atoms with E-state index in [1.54, 1.807) is 0 Å². The van der Waals surface area contributed by atoms with Crippen molar-refractivity contribution >= 4 is 0 Å². The number of hydrogen-bond acceptors (Lipinski definition) is 4. The van der Waals surface area contributed by atoms with Crippen molar-refractivity contribution in [3.05, 3.63) is 47.6 Å². The molecule has 4 nitrogen and oxygen atoms in total. The molecule has 1 aliphatic rings. The first-order chi connectivity index (χ1) is 9.36. The van der Waals surface area contributed by atoms with Crippen LogP contribution in [-0.4, -0.2) is 16.7 Å². The summed E-state index contributed by atoms with van der Waals surface area (Å²) in [4.78, 5) is 4.55. The Hall–Kier alpha value is -1.68. The third-order valence-corrected chi connectivity index (χ3v) is 3.97. The van der Waals surface area contributed by atoms with Gasteiger partial charge in [0, 0.05) is 12.3 Å². The fourth-order valence-corrected chi connectivity index (χ4v) is 2.91. The van der Waals surface area contributed by atoms with Gasteiger partial charge in [0.15, 0.2) is 5.82 Å². The fraction of sp³-hybridized carbons (Fsp3) is 0.467. The number of aromatic nitrogens is 2. The van der Waals surface area contributed by atoms with Crippen molar-refractivity contribution in [1.82, 2.24) is 10.1 Å². The first-order valence-electron chi connectivity index (χ1n) is 6.93. The van der Waals surface area contributed by atoms with Crippen LogP contribution in [0.4, 0.5) is 0 Å². The standard InChI is InChI=1S/C15H19N3O/c16-10-12-7-4-8-13(12)15-17-14(18-19-15)9-11-5-2-1-3-6-11/h1-3,5-6,12-13H,4,7-10,16H2. The van der Waals surface area contributed by atoms with E-state index in [2.05, 4.69) is 22.3 Å². The van der Waals surface area contributed by atoms with Gasteiger partial charge >= 0.3 is 0 Å². The van der Waals surface area contributed by atoms with Crippen LogP contribution in [0.25, 0.3) is 0 Å². The molecule has 1 aromatic carbocycles. The summed E-state index contributed by atoms with van der Waals surface area (Å²) < 4.78 is 5.44. The zero-order chi connectivity index (χ0) is 13.1. The molecule has 1 heterocycles. The Morgan fingerprint density at radius 2 is 2.05 bits per heavy atom. The van der Waals surface area contributed by atoms with Gasteiger partial charge in [-0.25, -0.2) is 0 Å². The molecule has 2 N–H and O–H groups in total. The number of nitrogens with zero attached hydrogens (tertiary/aromatic N) is 2. The van der Waals surface area contributed by atoms with Crippen LogP contribution in [0.2, 0.25) is 0 Å². The summed E-state index contributed by atoms with van der Waals surface area (Å²) in [7, 11) is 0. The molecule has 0 aliphatic heterocycles. The van der Waals surface area contributed by atoms with Crippen LogP contribution in [0.15, 0.2) is 34.9 Å². The van der Waals surface area contributed by atoms with Crippen molar-refractivity contribution in [1.29, 1.82) is 0 Å². The summed E-state index contributed by atoms with van der Waals surface area (Å²) >= 11 is 0. The lowest BCUT2D eigenvalue weighted by Crippen LogP contribution is -2.17. The zero-order valence-corrected chi connectivity index (χ0v) is 11.0. The van der Waals surface area contributed by atoms with Gasteiger partial charge in [0.05, 0.1) is 0 Å². The molecule has 19 heavy (non-hydrogen) atoms. The van der Waals surface area contributed by atoms with Gasteiger partial charge < -0.3 is 10.3 Å². The summed E-state index contributed by atoms with van der Waals surface area (Å²) in [5, 5.41) is 4.10. The highest BCUT2D eigenvalue weighted by Crippen LogP contribution is 2.38. The van der Waals surface area contributed by atoms with Crippen molar-refractivity contribution in [3.8, 4) is 0 Å². The van der Waals surface area contributed by atoms with Crippen molar-refractivity contribution in [3.63, 3.8) is 0 Å². The first kappa shape index (κ1) is 12.4. The van der Waals surface area contributed by atoms with Gasteiger partial charge in [-0.3, -0.25) is 0 Å². The van der Waals surface area contributed by atoms with E-state index in [4.69, 9.17) is 10.3 Å². The van der Waals surface area contributed by atoms with Crippen LogP contribution in [0, 0.1) is 5.92 Å². The lowest BCUT2D eigenvalue weighted by atomic mass is 9.96. The molecule has 0 amide bonds. The highest BCUT2D eigenvalue weighted by Gasteiger charge is 2.31. The molecular formula is C15H19N3O. The van der Waals surface area contributed by atoms with E-state index in [0.29, 0.717) is 18.4 Å². The monoisotopic (exact) mass is 257 g/mol. The van der Waals surface area contributed by atoms with E-state index in [-0.39, 0.29) is 0 Å². The van der Waals surface area contributed by atoms with Crippen LogP contribution in [0.3, 0.4) is 0 Å². The average molecular weight is 257 g/mol. The Balaban J connectivity index is 1.73. The second-order valence-electron chi connectivity index (χ2n) is 5.24. The summed E-state index contributed by atoms with van der Waals surface area (Å²) in [5.74, 6) is 2.41. The Kier molecular flexibility index (Phi) is 3.60. The fourth-order valence-electron chi connectivity index (χ4n) is 2.91. The largest absolute Gasteiger partial charge is 0.339 e. The topological polar surface area (TPSA) is 64.9 Å². The summed E-state index contributed by atoms with van der Waals surface area (Å²) in [6.45, 7) is 0.709. The average Bonchev–Trinajstić information content (AvgIpc) is 3.07. The summed E-state index contributed by atoms with van der Waals surface area (Å²) in [6, 6.07) is 10.2. The molecule has 0 saturated heterocycles. The molecule has 2 aromatic rings. The summed E-state index contributed by atoms with van der Waals surface area (Å²) in [5.41, 5.74) is 7.01. The van der Waals surface area contributed by atoms with Crippen LogP contribution in [0.1, 0.15) is 42.5 Å². The second-order valence-corrected chi connectivity index (χ2v) is 5.24. The highest BCUT2D eigenvalue weighted by atomic mass is 16.5. The van der Waals surface area contributed by atoms with E-state index in [9.17, 15) is 0 Å². The molecule has 1 aliphatic carbocycles. The maximum absolute atomic E-state index is 5.80. The van der Waals surface area contributed by atoms with Crippen molar-refractivity contribution < 1.29 is 4.52 Å². The van der Waals surface area contributed by atoms with E-state index >= 15 is 0 Å². The number of hydrogen-bond donors (Lipinski definition) is 1. The third kappa shape index (κ3) is 2.68. The Labute approximate surface area is 113 Å². The first-order valence-corrected chi connectivity index (χ1v) is 6.93. The second kappa shape index (κ2) is 5.53. The molecule has 4 heteroatoms. The van der Waals surface area contributed by atoms with Gasteiger partial charge in [0.1, 0.15) is 0 Å². The molecule has 2 unspecified atom stereocenters. The van der Waals surface area contributed by atoms with Crippen molar-refractivity contribution in [2.24, 2.45) is 11.7 Å². The van der Waals surface area contributed by atoms with Gasteiger partial charge in [-0.15, -0.1) is 0 Å². The molecule has 1 aromatic heterocycles. The van der Waals surface area contributed by atoms with Gasteiger partial charge in [-0.1, -0.05) is 41.9 Å². The predicted octanol–water partition coefficient (Wildman–Crippen LogP) is 2.50. The van der Waals surface area contributed by atoms with Crippen molar-refractivity contribution in [2.75, 3.05) is 6.54 Å². The predicted molar refractivity (Wildman–Crippen MR) is 72.7 cm³/mol. The number of nitrogens with two attached hydrogens (primary N) is 1. The molecule has 0 bridgehead atoms. The molecule has 3 rings (SSSR count). The molecule has 2 atom stereocenters.